The van der Waals surface area contributed by atoms with E-state index in [1.807, 2.05) is 36.4 Å². The molecule has 3 nitrogen and oxygen atoms in total. The summed E-state index contributed by atoms with van der Waals surface area (Å²) in [6.07, 6.45) is 0. The summed E-state index contributed by atoms with van der Waals surface area (Å²) in [6, 6.07) is 16.5. The fourth-order valence-corrected chi connectivity index (χ4v) is 1.35. The third-order valence-electron chi connectivity index (χ3n) is 2.16. The molecule has 0 atom stereocenters. The zero-order valence-corrected chi connectivity index (χ0v) is 8.55. The molecule has 0 saturated carbocycles. The van der Waals surface area contributed by atoms with Gasteiger partial charge in [-0.1, -0.05) is 24.3 Å². The van der Waals surface area contributed by atoms with Crippen LogP contribution in [0.3, 0.4) is 0 Å². The average Bonchev–Trinajstić information content (AvgIpc) is 2.33. The molecule has 16 heavy (non-hydrogen) atoms. The number of rotatable bonds is 2. The summed E-state index contributed by atoms with van der Waals surface area (Å²) in [5.74, 6) is 1.20. The molecule has 0 aliphatic heterocycles. The van der Waals surface area contributed by atoms with Gasteiger partial charge < -0.3 is 10.5 Å². The topological polar surface area (TPSA) is 59.0 Å². The van der Waals surface area contributed by atoms with Gasteiger partial charge in [-0.15, -0.1) is 0 Å². The highest BCUT2D eigenvalue weighted by Gasteiger charge is 2.05. The molecule has 2 aromatic rings. The number of hydrogen-bond donors (Lipinski definition) is 1. The van der Waals surface area contributed by atoms with E-state index < -0.39 is 0 Å². The van der Waals surface area contributed by atoms with Gasteiger partial charge in [0.15, 0.2) is 5.75 Å². The Labute approximate surface area is 93.7 Å². The predicted molar refractivity (Wildman–Crippen MR) is 62.1 cm³/mol. The van der Waals surface area contributed by atoms with Gasteiger partial charge in [0.25, 0.3) is 0 Å². The standard InChI is InChI=1S/C13H10N2O/c14-9-10-5-4-8-12(13(10)15)16-11-6-2-1-3-7-11/h1-8H,15H2. The van der Waals surface area contributed by atoms with Gasteiger partial charge in [-0.05, 0) is 24.3 Å². The number of nitrogens with two attached hydrogens (primary N) is 1. The summed E-state index contributed by atoms with van der Waals surface area (Å²) in [5, 5.41) is 8.82. The second-order valence-corrected chi connectivity index (χ2v) is 3.24. The molecule has 2 N–H and O–H groups in total. The Morgan fingerprint density at radius 3 is 2.44 bits per heavy atom. The molecule has 0 heterocycles. The van der Waals surface area contributed by atoms with Crippen LogP contribution in [-0.2, 0) is 0 Å². The van der Waals surface area contributed by atoms with Crippen molar-refractivity contribution in [1.29, 1.82) is 5.26 Å². The third kappa shape index (κ3) is 1.96. The van der Waals surface area contributed by atoms with Crippen LogP contribution in [0.15, 0.2) is 48.5 Å². The molecule has 0 bridgehead atoms. The number of para-hydroxylation sites is 2. The van der Waals surface area contributed by atoms with Crippen LogP contribution in [0.1, 0.15) is 5.56 Å². The molecule has 0 fully saturated rings. The molecular weight excluding hydrogens is 200 g/mol. The van der Waals surface area contributed by atoms with Crippen molar-refractivity contribution in [2.75, 3.05) is 5.73 Å². The van der Waals surface area contributed by atoms with Crippen molar-refractivity contribution in [3.8, 4) is 17.6 Å². The Morgan fingerprint density at radius 2 is 1.75 bits per heavy atom. The maximum absolute atomic E-state index is 8.82. The van der Waals surface area contributed by atoms with Crippen molar-refractivity contribution in [2.24, 2.45) is 0 Å². The SMILES string of the molecule is N#Cc1cccc(Oc2ccccc2)c1N. The highest BCUT2D eigenvalue weighted by Crippen LogP contribution is 2.29. The largest absolute Gasteiger partial charge is 0.455 e. The van der Waals surface area contributed by atoms with Crippen LogP contribution in [-0.4, -0.2) is 0 Å². The summed E-state index contributed by atoms with van der Waals surface area (Å²) in [6.45, 7) is 0. The van der Waals surface area contributed by atoms with Gasteiger partial charge in [0.05, 0.1) is 11.3 Å². The first-order chi connectivity index (χ1) is 7.81. The van der Waals surface area contributed by atoms with Crippen molar-refractivity contribution < 1.29 is 4.74 Å². The van der Waals surface area contributed by atoms with Crippen LogP contribution >= 0.6 is 0 Å². The quantitative estimate of drug-likeness (QED) is 0.775. The minimum Gasteiger partial charge on any atom is -0.455 e. The molecule has 0 radical (unpaired) electrons. The van der Waals surface area contributed by atoms with Crippen LogP contribution in [0.4, 0.5) is 5.69 Å². The van der Waals surface area contributed by atoms with Crippen molar-refractivity contribution in [1.82, 2.24) is 0 Å². The van der Waals surface area contributed by atoms with Gasteiger partial charge >= 0.3 is 0 Å². The minimum absolute atomic E-state index is 0.369. The van der Waals surface area contributed by atoms with Crippen molar-refractivity contribution in [3.63, 3.8) is 0 Å². The minimum atomic E-state index is 0.369. The van der Waals surface area contributed by atoms with Crippen molar-refractivity contribution in [3.05, 3.63) is 54.1 Å². The molecule has 0 aromatic heterocycles. The monoisotopic (exact) mass is 210 g/mol. The highest BCUT2D eigenvalue weighted by molar-refractivity contribution is 5.63. The molecule has 3 heteroatoms. The molecular formula is C13H10N2O. The van der Waals surface area contributed by atoms with E-state index in [-0.39, 0.29) is 0 Å². The van der Waals surface area contributed by atoms with E-state index in [0.29, 0.717) is 22.7 Å². The first-order valence-corrected chi connectivity index (χ1v) is 4.83. The molecule has 0 aliphatic rings. The zero-order valence-electron chi connectivity index (χ0n) is 8.55. The lowest BCUT2D eigenvalue weighted by atomic mass is 10.2. The number of nitrogens with zero attached hydrogens (tertiary/aromatic N) is 1. The first kappa shape index (κ1) is 10.1. The van der Waals surface area contributed by atoms with E-state index in [2.05, 4.69) is 0 Å². The smallest absolute Gasteiger partial charge is 0.151 e. The summed E-state index contributed by atoms with van der Waals surface area (Å²) in [7, 11) is 0. The van der Waals surface area contributed by atoms with Crippen molar-refractivity contribution >= 4 is 5.69 Å². The number of ether oxygens (including phenoxy) is 1. The Hall–Kier alpha value is -2.47. The summed E-state index contributed by atoms with van der Waals surface area (Å²) in [5.41, 5.74) is 6.59. The van der Waals surface area contributed by atoms with Crippen LogP contribution in [0.5, 0.6) is 11.5 Å². The Kier molecular flexibility index (Phi) is 2.75. The van der Waals surface area contributed by atoms with Crippen LogP contribution in [0.25, 0.3) is 0 Å². The Balaban J connectivity index is 2.33. The predicted octanol–water partition coefficient (Wildman–Crippen LogP) is 2.93. The van der Waals surface area contributed by atoms with Crippen LogP contribution < -0.4 is 10.5 Å². The van der Waals surface area contributed by atoms with Gasteiger partial charge in [0, 0.05) is 0 Å². The number of hydrogen-bond acceptors (Lipinski definition) is 3. The molecule has 0 spiro atoms. The molecule has 0 saturated heterocycles. The van der Waals surface area contributed by atoms with E-state index >= 15 is 0 Å². The second-order valence-electron chi connectivity index (χ2n) is 3.24. The fourth-order valence-electron chi connectivity index (χ4n) is 1.35. The van der Waals surface area contributed by atoms with E-state index in [1.54, 1.807) is 18.2 Å². The lowest BCUT2D eigenvalue weighted by Crippen LogP contribution is -1.94. The summed E-state index contributed by atoms with van der Waals surface area (Å²) in [4.78, 5) is 0. The lowest BCUT2D eigenvalue weighted by molar-refractivity contribution is 0.485. The third-order valence-corrected chi connectivity index (χ3v) is 2.16. The molecule has 0 aliphatic carbocycles. The van der Waals surface area contributed by atoms with Crippen molar-refractivity contribution in [2.45, 2.75) is 0 Å². The molecule has 2 rings (SSSR count). The van der Waals surface area contributed by atoms with Gasteiger partial charge in [-0.2, -0.15) is 5.26 Å². The first-order valence-electron chi connectivity index (χ1n) is 4.83. The summed E-state index contributed by atoms with van der Waals surface area (Å²) >= 11 is 0. The maximum atomic E-state index is 8.82. The van der Waals surface area contributed by atoms with Gasteiger partial charge in [-0.25, -0.2) is 0 Å². The van der Waals surface area contributed by atoms with Gasteiger partial charge in [0.2, 0.25) is 0 Å². The summed E-state index contributed by atoms with van der Waals surface area (Å²) < 4.78 is 5.58. The molecule has 2 aromatic carbocycles. The Bertz CT molecular complexity index is 529. The second kappa shape index (κ2) is 4.37. The lowest BCUT2D eigenvalue weighted by Gasteiger charge is -2.08. The van der Waals surface area contributed by atoms with E-state index in [0.717, 1.165) is 0 Å². The van der Waals surface area contributed by atoms with Gasteiger partial charge in [0.1, 0.15) is 11.8 Å². The number of nitriles is 1. The van der Waals surface area contributed by atoms with Crippen LogP contribution in [0, 0.1) is 11.3 Å². The maximum Gasteiger partial charge on any atom is 0.151 e. The normalized spacial score (nSPS) is 9.44. The number of anilines is 1. The van der Waals surface area contributed by atoms with E-state index in [9.17, 15) is 0 Å². The Morgan fingerprint density at radius 1 is 1.00 bits per heavy atom. The number of benzene rings is 2. The van der Waals surface area contributed by atoms with E-state index in [1.165, 1.54) is 0 Å². The van der Waals surface area contributed by atoms with Gasteiger partial charge in [-0.3, -0.25) is 0 Å². The highest BCUT2D eigenvalue weighted by atomic mass is 16.5. The molecule has 0 unspecified atom stereocenters. The fraction of sp³-hybridized carbons (Fsp3) is 0. The molecule has 0 amide bonds. The zero-order chi connectivity index (χ0) is 11.4. The molecule has 78 valence electrons. The average molecular weight is 210 g/mol. The van der Waals surface area contributed by atoms with Crippen LogP contribution in [0.2, 0.25) is 0 Å². The van der Waals surface area contributed by atoms with E-state index in [4.69, 9.17) is 15.7 Å². The number of nitrogen functional groups attached to an aromatic ring is 1.